The highest BCUT2D eigenvalue weighted by Crippen LogP contribution is 2.33. The van der Waals surface area contributed by atoms with Crippen molar-refractivity contribution >= 4 is 40.4 Å². The number of carbonyl (C=O) groups excluding carboxylic acids is 1. The first-order valence-electron chi connectivity index (χ1n) is 11.6. The van der Waals surface area contributed by atoms with Crippen LogP contribution < -0.4 is 10.6 Å². The number of carboxylic acids is 2. The topological polar surface area (TPSA) is 142 Å². The fraction of sp³-hybridized carbons (Fsp3) is 0.148. The Hall–Kier alpha value is -5.00. The number of halogens is 3. The van der Waals surface area contributed by atoms with Gasteiger partial charge in [-0.1, -0.05) is 30.3 Å². The molecule has 0 aliphatic carbocycles. The van der Waals surface area contributed by atoms with Crippen molar-refractivity contribution in [1.82, 2.24) is 15.3 Å². The van der Waals surface area contributed by atoms with Gasteiger partial charge in [-0.25, -0.2) is 14.8 Å². The van der Waals surface area contributed by atoms with Crippen LogP contribution in [0.3, 0.4) is 0 Å². The summed E-state index contributed by atoms with van der Waals surface area (Å²) in [5.41, 5.74) is 1.00. The van der Waals surface area contributed by atoms with Crippen LogP contribution in [-0.2, 0) is 15.8 Å². The number of carboxylic acid groups (broad SMARTS) is 2. The fourth-order valence-corrected chi connectivity index (χ4v) is 3.72. The molecule has 4 aromatic rings. The minimum Gasteiger partial charge on any atom is -0.481 e. The highest BCUT2D eigenvalue weighted by molar-refractivity contribution is 5.97. The number of nitrogens with one attached hydrogen (secondary N) is 2. The van der Waals surface area contributed by atoms with Gasteiger partial charge in [-0.15, -0.1) is 0 Å². The minimum atomic E-state index is -4.53. The van der Waals surface area contributed by atoms with E-state index in [1.165, 1.54) is 30.3 Å². The van der Waals surface area contributed by atoms with Crippen molar-refractivity contribution in [2.24, 2.45) is 0 Å². The normalized spacial score (nSPS) is 12.1. The third-order valence-electron chi connectivity index (χ3n) is 5.70. The van der Waals surface area contributed by atoms with E-state index in [4.69, 9.17) is 5.11 Å². The number of hydrogen-bond donors (Lipinski definition) is 4. The number of fused-ring (bicyclic) bond motifs is 1. The molecule has 1 amide bonds. The smallest absolute Gasteiger partial charge is 0.416 e. The number of alkyl halides is 3. The van der Waals surface area contributed by atoms with E-state index < -0.39 is 42.0 Å². The predicted octanol–water partition coefficient (Wildman–Crippen LogP) is 5.11. The first-order chi connectivity index (χ1) is 18.5. The number of nitrogens with zero attached hydrogens (tertiary/aromatic N) is 2. The number of benzene rings is 3. The van der Waals surface area contributed by atoms with Crippen molar-refractivity contribution in [1.29, 1.82) is 0 Å². The lowest BCUT2D eigenvalue weighted by atomic mass is 10.1. The van der Waals surface area contributed by atoms with Crippen molar-refractivity contribution in [3.05, 3.63) is 83.9 Å². The molecule has 0 saturated carbocycles. The number of amides is 1. The summed E-state index contributed by atoms with van der Waals surface area (Å²) in [6, 6.07) is 16.4. The maximum Gasteiger partial charge on any atom is 0.416 e. The Balaban J connectivity index is 1.61. The summed E-state index contributed by atoms with van der Waals surface area (Å²) < 4.78 is 39.7. The first kappa shape index (κ1) is 27.0. The summed E-state index contributed by atoms with van der Waals surface area (Å²) in [6.07, 6.45) is -5.23. The van der Waals surface area contributed by atoms with Crippen LogP contribution in [0.15, 0.2) is 72.8 Å². The Morgan fingerprint density at radius 3 is 2.18 bits per heavy atom. The molecule has 0 saturated heterocycles. The molecule has 0 fully saturated rings. The Kier molecular flexibility index (Phi) is 7.75. The number of hydrogen-bond acceptors (Lipinski definition) is 6. The molecule has 0 aliphatic rings. The van der Waals surface area contributed by atoms with Gasteiger partial charge in [0.15, 0.2) is 5.82 Å². The molecule has 0 unspecified atom stereocenters. The molecule has 12 heteroatoms. The van der Waals surface area contributed by atoms with Gasteiger partial charge in [0.1, 0.15) is 11.7 Å². The van der Waals surface area contributed by atoms with Crippen molar-refractivity contribution in [2.75, 3.05) is 5.32 Å². The van der Waals surface area contributed by atoms with Gasteiger partial charge >= 0.3 is 18.1 Å². The summed E-state index contributed by atoms with van der Waals surface area (Å²) in [6.45, 7) is 0. The average Bonchev–Trinajstić information content (AvgIpc) is 2.90. The average molecular weight is 538 g/mol. The maximum atomic E-state index is 13.2. The second-order valence-corrected chi connectivity index (χ2v) is 8.49. The lowest BCUT2D eigenvalue weighted by Crippen LogP contribution is -2.41. The van der Waals surface area contributed by atoms with E-state index in [2.05, 4.69) is 20.6 Å². The van der Waals surface area contributed by atoms with Crippen LogP contribution in [0.1, 0.15) is 28.8 Å². The Morgan fingerprint density at radius 1 is 0.872 bits per heavy atom. The van der Waals surface area contributed by atoms with Crippen LogP contribution in [-0.4, -0.2) is 44.1 Å². The number of carbonyl (C=O) groups is 3. The quantitative estimate of drug-likeness (QED) is 0.230. The molecule has 4 N–H and O–H groups in total. The zero-order valence-corrected chi connectivity index (χ0v) is 20.1. The molecule has 1 heterocycles. The van der Waals surface area contributed by atoms with Crippen LogP contribution in [0, 0.1) is 0 Å². The predicted molar refractivity (Wildman–Crippen MR) is 135 cm³/mol. The van der Waals surface area contributed by atoms with E-state index in [1.54, 1.807) is 30.3 Å². The lowest BCUT2D eigenvalue weighted by Gasteiger charge is -2.15. The Bertz CT molecular complexity index is 1530. The van der Waals surface area contributed by atoms with Gasteiger partial charge in [0, 0.05) is 23.2 Å². The first-order valence-corrected chi connectivity index (χ1v) is 11.6. The summed E-state index contributed by atoms with van der Waals surface area (Å²) in [5, 5.41) is 23.4. The highest BCUT2D eigenvalue weighted by atomic mass is 19.4. The summed E-state index contributed by atoms with van der Waals surface area (Å²) in [7, 11) is 0. The Labute approximate surface area is 219 Å². The van der Waals surface area contributed by atoms with Crippen molar-refractivity contribution in [3.8, 4) is 11.3 Å². The molecule has 39 heavy (non-hydrogen) atoms. The largest absolute Gasteiger partial charge is 0.481 e. The van der Waals surface area contributed by atoms with Crippen LogP contribution in [0.4, 0.5) is 24.7 Å². The van der Waals surface area contributed by atoms with Gasteiger partial charge in [-0.05, 0) is 48.9 Å². The van der Waals surface area contributed by atoms with Crippen molar-refractivity contribution in [3.63, 3.8) is 0 Å². The number of anilines is 2. The summed E-state index contributed by atoms with van der Waals surface area (Å²) in [5.74, 6) is -2.97. The highest BCUT2D eigenvalue weighted by Gasteiger charge is 2.31. The third kappa shape index (κ3) is 6.66. The molecule has 0 bridgehead atoms. The standard InChI is InChI=1S/C27H21F3N4O5/c28-27(29,30)17-8-11-19-21(14-17)32-23(15-4-2-1-3-5-15)24(33-19)31-18-9-6-16(7-10-18)25(37)34-20(26(38)39)12-13-22(35)36/h1-11,14,20H,12-13H2,(H,31,33)(H,34,37)(H,35,36)(H,38,39)/t20-/m1/s1. The van der Waals surface area contributed by atoms with E-state index in [1.807, 2.05) is 0 Å². The van der Waals surface area contributed by atoms with Gasteiger partial charge in [0.25, 0.3) is 5.91 Å². The molecule has 200 valence electrons. The molecule has 0 radical (unpaired) electrons. The second-order valence-electron chi connectivity index (χ2n) is 8.49. The zero-order valence-electron chi connectivity index (χ0n) is 20.1. The van der Waals surface area contributed by atoms with Crippen molar-refractivity contribution in [2.45, 2.75) is 25.1 Å². The van der Waals surface area contributed by atoms with Gasteiger partial charge in [-0.2, -0.15) is 13.2 Å². The summed E-state index contributed by atoms with van der Waals surface area (Å²) in [4.78, 5) is 43.6. The van der Waals surface area contributed by atoms with E-state index >= 15 is 0 Å². The number of aromatic nitrogens is 2. The number of rotatable bonds is 9. The van der Waals surface area contributed by atoms with E-state index in [-0.39, 0.29) is 28.8 Å². The molecule has 9 nitrogen and oxygen atoms in total. The molecule has 0 aliphatic heterocycles. The third-order valence-corrected chi connectivity index (χ3v) is 5.70. The van der Waals surface area contributed by atoms with Gasteiger partial charge < -0.3 is 20.8 Å². The molecule has 0 spiro atoms. The fourth-order valence-electron chi connectivity index (χ4n) is 3.72. The summed E-state index contributed by atoms with van der Waals surface area (Å²) >= 11 is 0. The minimum absolute atomic E-state index is 0.0668. The second kappa shape index (κ2) is 11.2. The van der Waals surface area contributed by atoms with Crippen molar-refractivity contribution < 1.29 is 37.8 Å². The van der Waals surface area contributed by atoms with E-state index in [0.717, 1.165) is 12.1 Å². The molecule has 1 aromatic heterocycles. The van der Waals surface area contributed by atoms with Crippen LogP contribution >= 0.6 is 0 Å². The van der Waals surface area contributed by atoms with Gasteiger partial charge in [-0.3, -0.25) is 9.59 Å². The molecular formula is C27H21F3N4O5. The van der Waals surface area contributed by atoms with Gasteiger partial charge in [0.05, 0.1) is 16.6 Å². The lowest BCUT2D eigenvalue weighted by molar-refractivity contribution is -0.141. The van der Waals surface area contributed by atoms with E-state index in [9.17, 15) is 32.7 Å². The van der Waals surface area contributed by atoms with E-state index in [0.29, 0.717) is 16.9 Å². The zero-order chi connectivity index (χ0) is 28.2. The monoisotopic (exact) mass is 538 g/mol. The van der Waals surface area contributed by atoms with Crippen LogP contribution in [0.5, 0.6) is 0 Å². The Morgan fingerprint density at radius 2 is 1.56 bits per heavy atom. The number of aliphatic carboxylic acids is 2. The maximum absolute atomic E-state index is 13.2. The SMILES string of the molecule is O=C(O)CC[C@@H](NC(=O)c1ccc(Nc2nc3ccc(C(F)(F)F)cc3nc2-c2ccccc2)cc1)C(=O)O. The molecule has 3 aromatic carbocycles. The molecular weight excluding hydrogens is 517 g/mol. The molecule has 1 atom stereocenters. The van der Waals surface area contributed by atoms with Crippen LogP contribution in [0.25, 0.3) is 22.3 Å². The van der Waals surface area contributed by atoms with Crippen LogP contribution in [0.2, 0.25) is 0 Å². The molecule has 4 rings (SSSR count). The van der Waals surface area contributed by atoms with Gasteiger partial charge in [0.2, 0.25) is 0 Å².